The number of nitrogens with zero attached hydrogens (tertiary/aromatic N) is 6. The molecule has 0 aliphatic carbocycles. The first-order chi connectivity index (χ1) is 14.6. The lowest BCUT2D eigenvalue weighted by atomic mass is 10.1. The molecule has 0 bridgehead atoms. The first-order valence-electron chi connectivity index (χ1n) is 10.6. The summed E-state index contributed by atoms with van der Waals surface area (Å²) in [4.78, 5) is 24.8. The van der Waals surface area contributed by atoms with Gasteiger partial charge in [-0.2, -0.15) is 0 Å². The van der Waals surface area contributed by atoms with Crippen LogP contribution in [-0.2, 0) is 6.54 Å². The maximum absolute atomic E-state index is 13.4. The van der Waals surface area contributed by atoms with Crippen LogP contribution in [0, 0.1) is 6.92 Å². The highest BCUT2D eigenvalue weighted by Crippen LogP contribution is 2.33. The number of rotatable bonds is 5. The van der Waals surface area contributed by atoms with E-state index in [-0.39, 0.29) is 5.69 Å². The minimum atomic E-state index is -0.0241. The molecular weight excluding hydrogens is 376 g/mol. The highest BCUT2D eigenvalue weighted by Gasteiger charge is 2.28. The van der Waals surface area contributed by atoms with Crippen LogP contribution in [0.2, 0.25) is 0 Å². The minimum absolute atomic E-state index is 0.0241. The largest absolute Gasteiger partial charge is 0.365 e. The highest BCUT2D eigenvalue weighted by molar-refractivity contribution is 5.89. The van der Waals surface area contributed by atoms with E-state index in [1.165, 1.54) is 0 Å². The molecule has 0 unspecified atom stereocenters. The third kappa shape index (κ3) is 2.76. The van der Waals surface area contributed by atoms with Crippen molar-refractivity contribution in [1.82, 2.24) is 23.7 Å². The van der Waals surface area contributed by atoms with Crippen molar-refractivity contribution in [2.45, 2.75) is 46.2 Å². The molecule has 0 saturated carbocycles. The Balaban J connectivity index is 1.69. The Morgan fingerprint density at radius 2 is 1.80 bits per heavy atom. The topological polar surface area (TPSA) is 60.9 Å². The van der Waals surface area contributed by atoms with E-state index in [1.807, 2.05) is 46.5 Å². The van der Waals surface area contributed by atoms with Crippen LogP contribution in [0.3, 0.4) is 0 Å². The second-order valence-electron chi connectivity index (χ2n) is 7.87. The molecule has 154 valence electrons. The second-order valence-corrected chi connectivity index (χ2v) is 7.87. The lowest BCUT2D eigenvalue weighted by Crippen LogP contribution is -2.41. The smallest absolute Gasteiger partial charge is 0.335 e. The van der Waals surface area contributed by atoms with Gasteiger partial charge in [0.2, 0.25) is 0 Å². The van der Waals surface area contributed by atoms with Crippen molar-refractivity contribution in [3.05, 3.63) is 65.2 Å². The van der Waals surface area contributed by atoms with Crippen LogP contribution in [0.4, 0.5) is 5.69 Å². The van der Waals surface area contributed by atoms with Crippen LogP contribution in [0.1, 0.15) is 32.4 Å². The molecule has 7 heteroatoms. The summed E-state index contributed by atoms with van der Waals surface area (Å²) in [5.74, 6) is 0. The van der Waals surface area contributed by atoms with Gasteiger partial charge in [0.15, 0.2) is 5.65 Å². The SMILES string of the molecule is CCC(CC)N1CCn2c(=O)n(-c3ccc(-n4ccnc4)cc3)c3nc(C)cc1c32. The Kier molecular flexibility index (Phi) is 4.46. The Morgan fingerprint density at radius 1 is 1.07 bits per heavy atom. The van der Waals surface area contributed by atoms with Gasteiger partial charge in [-0.1, -0.05) is 13.8 Å². The molecule has 0 N–H and O–H groups in total. The summed E-state index contributed by atoms with van der Waals surface area (Å²) in [5, 5.41) is 0. The molecule has 0 amide bonds. The van der Waals surface area contributed by atoms with Crippen LogP contribution >= 0.6 is 0 Å². The van der Waals surface area contributed by atoms with Gasteiger partial charge in [0.1, 0.15) is 5.52 Å². The molecule has 0 atom stereocenters. The van der Waals surface area contributed by atoms with E-state index >= 15 is 0 Å². The van der Waals surface area contributed by atoms with Gasteiger partial charge in [0.25, 0.3) is 0 Å². The lowest BCUT2D eigenvalue weighted by molar-refractivity contribution is 0.518. The Morgan fingerprint density at radius 3 is 2.47 bits per heavy atom. The van der Waals surface area contributed by atoms with Gasteiger partial charge in [0, 0.05) is 42.9 Å². The van der Waals surface area contributed by atoms with Gasteiger partial charge < -0.3 is 9.47 Å². The van der Waals surface area contributed by atoms with Gasteiger partial charge in [0.05, 0.1) is 17.7 Å². The summed E-state index contributed by atoms with van der Waals surface area (Å²) in [7, 11) is 0. The van der Waals surface area contributed by atoms with Crippen LogP contribution in [0.15, 0.2) is 53.8 Å². The van der Waals surface area contributed by atoms with Gasteiger partial charge in [-0.15, -0.1) is 0 Å². The fourth-order valence-electron chi connectivity index (χ4n) is 4.64. The van der Waals surface area contributed by atoms with Crippen molar-refractivity contribution in [1.29, 1.82) is 0 Å². The first-order valence-corrected chi connectivity index (χ1v) is 10.6. The molecule has 7 nitrogen and oxygen atoms in total. The summed E-state index contributed by atoms with van der Waals surface area (Å²) in [5.41, 5.74) is 5.54. The number of benzene rings is 1. The van der Waals surface area contributed by atoms with E-state index in [9.17, 15) is 4.79 Å². The van der Waals surface area contributed by atoms with Gasteiger partial charge in [-0.3, -0.25) is 4.57 Å². The molecule has 5 rings (SSSR count). The average molecular weight is 403 g/mol. The molecule has 3 aromatic heterocycles. The summed E-state index contributed by atoms with van der Waals surface area (Å²) in [6, 6.07) is 10.5. The molecule has 4 heterocycles. The molecule has 1 aliphatic rings. The molecule has 0 radical (unpaired) electrons. The fraction of sp³-hybridized carbons (Fsp3) is 0.348. The standard InChI is InChI=1S/C23H26N6O/c1-4-17(5-2)27-12-13-28-21-20(27)14-16(3)25-22(21)29(23(28)30)19-8-6-18(7-9-19)26-11-10-24-15-26/h6-11,14-15,17H,4-5,12-13H2,1-3H3. The number of anilines is 1. The molecule has 0 spiro atoms. The van der Waals surface area contributed by atoms with E-state index < -0.39 is 0 Å². The van der Waals surface area contributed by atoms with Gasteiger partial charge >= 0.3 is 5.69 Å². The van der Waals surface area contributed by atoms with E-state index in [4.69, 9.17) is 4.98 Å². The van der Waals surface area contributed by atoms with Crippen molar-refractivity contribution >= 4 is 16.9 Å². The molecule has 1 aliphatic heterocycles. The van der Waals surface area contributed by atoms with Gasteiger partial charge in [-0.05, 0) is 50.1 Å². The number of pyridine rings is 1. The van der Waals surface area contributed by atoms with Crippen molar-refractivity contribution < 1.29 is 0 Å². The first kappa shape index (κ1) is 18.7. The second kappa shape index (κ2) is 7.16. The summed E-state index contributed by atoms with van der Waals surface area (Å²) < 4.78 is 5.58. The van der Waals surface area contributed by atoms with Crippen molar-refractivity contribution in [2.24, 2.45) is 0 Å². The number of hydrogen-bond acceptors (Lipinski definition) is 4. The number of hydrogen-bond donors (Lipinski definition) is 0. The number of aromatic nitrogens is 5. The molecular formula is C23H26N6O. The lowest BCUT2D eigenvalue weighted by Gasteiger charge is -2.36. The van der Waals surface area contributed by atoms with Crippen molar-refractivity contribution in [3.63, 3.8) is 0 Å². The van der Waals surface area contributed by atoms with E-state index in [2.05, 4.69) is 29.8 Å². The molecule has 4 aromatic rings. The third-order valence-electron chi connectivity index (χ3n) is 6.15. The average Bonchev–Trinajstić information content (AvgIpc) is 3.38. The highest BCUT2D eigenvalue weighted by atomic mass is 16.1. The number of aryl methyl sites for hydroxylation is 1. The molecule has 0 fully saturated rings. The third-order valence-corrected chi connectivity index (χ3v) is 6.15. The van der Waals surface area contributed by atoms with Crippen LogP contribution in [0.5, 0.6) is 0 Å². The maximum atomic E-state index is 13.4. The van der Waals surface area contributed by atoms with E-state index in [0.717, 1.165) is 53.3 Å². The van der Waals surface area contributed by atoms with Crippen LogP contribution in [0.25, 0.3) is 22.5 Å². The zero-order chi connectivity index (χ0) is 20.8. The maximum Gasteiger partial charge on any atom is 0.335 e. The van der Waals surface area contributed by atoms with Crippen LogP contribution in [-0.4, -0.2) is 36.3 Å². The number of imidazole rings is 2. The van der Waals surface area contributed by atoms with Gasteiger partial charge in [-0.25, -0.2) is 19.3 Å². The Bertz CT molecular complexity index is 1250. The van der Waals surface area contributed by atoms with E-state index in [1.54, 1.807) is 17.1 Å². The minimum Gasteiger partial charge on any atom is -0.365 e. The summed E-state index contributed by atoms with van der Waals surface area (Å²) in [6.07, 6.45) is 7.58. The van der Waals surface area contributed by atoms with Crippen molar-refractivity contribution in [3.8, 4) is 11.4 Å². The van der Waals surface area contributed by atoms with E-state index in [0.29, 0.717) is 12.6 Å². The monoisotopic (exact) mass is 402 g/mol. The van der Waals surface area contributed by atoms with Crippen molar-refractivity contribution in [2.75, 3.05) is 11.4 Å². The zero-order valence-electron chi connectivity index (χ0n) is 17.6. The Labute approximate surface area is 175 Å². The van der Waals surface area contributed by atoms with Crippen LogP contribution < -0.4 is 10.6 Å². The summed E-state index contributed by atoms with van der Waals surface area (Å²) >= 11 is 0. The predicted octanol–water partition coefficient (Wildman–Crippen LogP) is 3.69. The fourth-order valence-corrected chi connectivity index (χ4v) is 4.64. The zero-order valence-corrected chi connectivity index (χ0v) is 17.6. The quantitative estimate of drug-likeness (QED) is 0.511. The predicted molar refractivity (Wildman–Crippen MR) is 119 cm³/mol. The summed E-state index contributed by atoms with van der Waals surface area (Å²) in [6.45, 7) is 8.00. The molecule has 1 aromatic carbocycles. The molecule has 0 saturated heterocycles. The molecule has 30 heavy (non-hydrogen) atoms. The normalized spacial score (nSPS) is 13.5. The Hall–Kier alpha value is -3.35.